The zero-order chi connectivity index (χ0) is 95.5. The number of hydrogen-bond acceptors (Lipinski definition) is 24. The topological polar surface area (TPSA) is 342 Å². The minimum Gasteiger partial charge on any atom is -0.339 e. The number of pyridine rings is 4. The Labute approximate surface area is 795 Å². The lowest BCUT2D eigenvalue weighted by Crippen LogP contribution is -2.06. The molecule has 20 rings (SSSR count). The van der Waals surface area contributed by atoms with E-state index in [1.165, 1.54) is 5.56 Å². The Hall–Kier alpha value is -17.3. The van der Waals surface area contributed by atoms with E-state index in [9.17, 15) is 19.2 Å². The van der Waals surface area contributed by atoms with Crippen LogP contribution in [0.4, 0.5) is 46.0 Å². The van der Waals surface area contributed by atoms with Gasteiger partial charge in [0.25, 0.3) is 0 Å². The number of Topliss-reactive ketones (excluding diaryl/α,β-unsaturated/α-hetero) is 4. The molecule has 0 atom stereocenters. The lowest BCUT2D eigenvalue weighted by Gasteiger charge is -2.13. The van der Waals surface area contributed by atoms with Gasteiger partial charge in [0.15, 0.2) is 69.0 Å². The number of hydrogen-bond donors (Lipinski definition) is 4. The number of carbonyl (C=O) groups excluding carboxylic acids is 4. The smallest absolute Gasteiger partial charge is 0.167 e. The first kappa shape index (κ1) is 91.6. The van der Waals surface area contributed by atoms with Crippen molar-refractivity contribution in [1.82, 2.24) is 98.9 Å². The Kier molecular flexibility index (Phi) is 27.3. The first-order valence-corrected chi connectivity index (χ1v) is 44.7. The number of aromatic nitrogens is 20. The molecular weight excluding hydrogens is 1730 g/mol. The standard InChI is InChI=1S/C27H23ClN6O.3C27H24N6O/c1-16-6-8-18(11-22(16)28)12-24(35)19-9-7-17(2)23(13-19)31-26-21-15-30-34(3)27(21)33-25(32-26)20-5-4-10-29-14-20;2*1-17-6-4-7-19(12-17)13-24(34)20-10-9-18(2)23(14-20)30-26-22-16-29-33(3)27(22)32-25(31-26)21-8-5-11-28-15-21;1-17-6-9-19(10-7-17)13-24(34)20-11-8-18(2)23(14-20)30-26-22-16-29-33(3)27(22)32-25(31-26)21-5-4-12-28-15-21/h4-11,13-15H,12H2,1-3H3,(H,31,32,33);3*4-12,14-16H,13H2,1-3H3,(H,30,31,32). The van der Waals surface area contributed by atoms with Crippen LogP contribution in [0.2, 0.25) is 5.02 Å². The van der Waals surface area contributed by atoms with Gasteiger partial charge in [-0.05, 0) is 184 Å². The molecule has 678 valence electrons. The summed E-state index contributed by atoms with van der Waals surface area (Å²) in [5, 5.41) is 35.0. The van der Waals surface area contributed by atoms with Crippen LogP contribution in [-0.2, 0) is 53.9 Å². The van der Waals surface area contributed by atoms with Crippen molar-refractivity contribution in [3.05, 3.63) is 381 Å². The van der Waals surface area contributed by atoms with E-state index in [-0.39, 0.29) is 29.6 Å². The van der Waals surface area contributed by atoms with Crippen molar-refractivity contribution in [2.45, 2.75) is 81.1 Å². The van der Waals surface area contributed by atoms with Gasteiger partial charge in [-0.15, -0.1) is 0 Å². The summed E-state index contributed by atoms with van der Waals surface area (Å²) in [6.07, 6.45) is 22.1. The molecule has 137 heavy (non-hydrogen) atoms. The van der Waals surface area contributed by atoms with Gasteiger partial charge in [-0.1, -0.05) is 162 Å². The third kappa shape index (κ3) is 21.6. The molecule has 0 saturated carbocycles. The lowest BCUT2D eigenvalue weighted by molar-refractivity contribution is 0.0985. The molecule has 12 heterocycles. The van der Waals surface area contributed by atoms with E-state index in [2.05, 4.69) is 81.5 Å². The van der Waals surface area contributed by atoms with Crippen molar-refractivity contribution >= 4 is 125 Å². The highest BCUT2D eigenvalue weighted by Crippen LogP contribution is 2.36. The van der Waals surface area contributed by atoms with Crippen molar-refractivity contribution in [3.63, 3.8) is 0 Å². The third-order valence-electron chi connectivity index (χ3n) is 23.3. The Balaban J connectivity index is 0.000000127. The average Bonchev–Trinajstić information content (AvgIpc) is 1.69. The fourth-order valence-electron chi connectivity index (χ4n) is 15.4. The van der Waals surface area contributed by atoms with E-state index in [0.717, 1.165) is 128 Å². The predicted molar refractivity (Wildman–Crippen MR) is 538 cm³/mol. The highest BCUT2D eigenvalue weighted by atomic mass is 35.5. The highest BCUT2D eigenvalue weighted by Gasteiger charge is 2.23. The van der Waals surface area contributed by atoms with E-state index < -0.39 is 0 Å². The summed E-state index contributed by atoms with van der Waals surface area (Å²) in [5.74, 6) is 4.91. The molecule has 20 aromatic rings. The Morgan fingerprint density at radius 3 is 0.810 bits per heavy atom. The van der Waals surface area contributed by atoms with Gasteiger partial charge in [0.05, 0.1) is 46.3 Å². The Bertz CT molecular complexity index is 7690. The summed E-state index contributed by atoms with van der Waals surface area (Å²) < 4.78 is 6.87. The summed E-state index contributed by atoms with van der Waals surface area (Å²) in [6, 6.07) is 67.7. The average molecular weight is 1830 g/mol. The zero-order valence-corrected chi connectivity index (χ0v) is 78.2. The molecule has 0 spiro atoms. The summed E-state index contributed by atoms with van der Waals surface area (Å²) in [6.45, 7) is 16.0. The maximum absolute atomic E-state index is 13.1. The van der Waals surface area contributed by atoms with Gasteiger partial charge in [0, 0.05) is 176 Å². The zero-order valence-electron chi connectivity index (χ0n) is 77.4. The number of nitrogens with zero attached hydrogens (tertiary/aromatic N) is 20. The molecule has 0 bridgehead atoms. The molecule has 0 radical (unpaired) electrons. The summed E-state index contributed by atoms with van der Waals surface area (Å²) >= 11 is 6.24. The largest absolute Gasteiger partial charge is 0.339 e. The molecule has 28 nitrogen and oxygen atoms in total. The van der Waals surface area contributed by atoms with E-state index in [1.807, 2.05) is 296 Å². The molecule has 0 amide bonds. The second kappa shape index (κ2) is 40.8. The molecule has 0 aliphatic carbocycles. The van der Waals surface area contributed by atoms with E-state index >= 15 is 0 Å². The summed E-state index contributed by atoms with van der Waals surface area (Å²) in [4.78, 5) is 107. The Morgan fingerprint density at radius 1 is 0.270 bits per heavy atom. The van der Waals surface area contributed by atoms with Gasteiger partial charge in [-0.25, -0.2) is 39.9 Å². The molecular formula is C108H95ClN24O4. The van der Waals surface area contributed by atoms with E-state index in [0.29, 0.717) is 116 Å². The minimum absolute atomic E-state index is 0.0123. The first-order chi connectivity index (χ1) is 66.3. The van der Waals surface area contributed by atoms with E-state index in [1.54, 1.807) is 93.1 Å². The van der Waals surface area contributed by atoms with Gasteiger partial charge in [0.2, 0.25) is 0 Å². The van der Waals surface area contributed by atoms with Crippen LogP contribution in [0.3, 0.4) is 0 Å². The maximum atomic E-state index is 13.1. The number of aryl methyl sites for hydroxylation is 12. The van der Waals surface area contributed by atoms with Crippen LogP contribution in [0.15, 0.2) is 287 Å². The fraction of sp³-hybridized carbons (Fsp3) is 0.148. The van der Waals surface area contributed by atoms with Crippen molar-refractivity contribution in [1.29, 1.82) is 0 Å². The van der Waals surface area contributed by atoms with Crippen molar-refractivity contribution in [3.8, 4) is 45.6 Å². The van der Waals surface area contributed by atoms with Crippen LogP contribution in [0.5, 0.6) is 0 Å². The van der Waals surface area contributed by atoms with Gasteiger partial charge < -0.3 is 21.3 Å². The van der Waals surface area contributed by atoms with Crippen molar-refractivity contribution in [2.75, 3.05) is 21.3 Å². The fourth-order valence-corrected chi connectivity index (χ4v) is 15.6. The SMILES string of the molecule is Cc1ccc(CC(=O)c2ccc(C)c(Nc3nc(-c4cccnc4)nc4c3cnn4C)c2)cc1.Cc1ccc(CC(=O)c2ccc(C)c(Nc3nc(-c4cccnc4)nc4c3cnn4C)c2)cc1Cl.Cc1cccc(CC(=O)c2ccc(C)c(Nc3nc(-c4cccnc4)nc4c3cnn4C)c2)c1.Cc1cccc(CC(=O)c2ccc(C)c(Nc3nc(-c4cccnc4)nc4c3cnn4C)c2)c1. The van der Waals surface area contributed by atoms with Crippen LogP contribution in [0, 0.1) is 55.4 Å². The van der Waals surface area contributed by atoms with Crippen LogP contribution in [0.25, 0.3) is 89.7 Å². The molecule has 0 unspecified atom stereocenters. The monoisotopic (exact) mass is 1830 g/mol. The lowest BCUT2D eigenvalue weighted by atomic mass is 10.00. The number of fused-ring (bicyclic) bond motifs is 4. The normalized spacial score (nSPS) is 11.0. The second-order valence-corrected chi connectivity index (χ2v) is 34.0. The number of ketones is 4. The third-order valence-corrected chi connectivity index (χ3v) is 23.7. The summed E-state index contributed by atoms with van der Waals surface area (Å²) in [5.41, 5.74) is 24.2. The molecule has 8 aromatic carbocycles. The molecule has 0 saturated heterocycles. The number of carbonyl (C=O) groups is 4. The summed E-state index contributed by atoms with van der Waals surface area (Å²) in [7, 11) is 7.39. The van der Waals surface area contributed by atoms with Crippen LogP contribution in [-0.4, -0.2) is 122 Å². The molecule has 4 N–H and O–H groups in total. The number of rotatable bonds is 24. The van der Waals surface area contributed by atoms with Gasteiger partial charge in [-0.3, -0.25) is 57.8 Å². The number of benzene rings is 8. The first-order valence-electron chi connectivity index (χ1n) is 44.3. The number of halogens is 1. The second-order valence-electron chi connectivity index (χ2n) is 33.6. The highest BCUT2D eigenvalue weighted by molar-refractivity contribution is 6.31. The molecule has 29 heteroatoms. The van der Waals surface area contributed by atoms with Crippen molar-refractivity contribution < 1.29 is 19.2 Å². The molecule has 0 fully saturated rings. The minimum atomic E-state index is 0.0123. The predicted octanol–water partition coefficient (Wildman–Crippen LogP) is 21.5. The van der Waals surface area contributed by atoms with Gasteiger partial charge in [0.1, 0.15) is 23.3 Å². The van der Waals surface area contributed by atoms with E-state index in [4.69, 9.17) is 31.5 Å². The van der Waals surface area contributed by atoms with Gasteiger partial charge in [-0.2, -0.15) is 20.4 Å². The van der Waals surface area contributed by atoms with Crippen LogP contribution >= 0.6 is 11.6 Å². The van der Waals surface area contributed by atoms with Crippen LogP contribution < -0.4 is 21.3 Å². The maximum Gasteiger partial charge on any atom is 0.167 e. The van der Waals surface area contributed by atoms with Crippen molar-refractivity contribution in [2.24, 2.45) is 28.2 Å². The van der Waals surface area contributed by atoms with Gasteiger partial charge >= 0.3 is 0 Å². The molecule has 12 aromatic heterocycles. The molecule has 0 aliphatic heterocycles. The molecule has 0 aliphatic rings. The number of nitrogens with one attached hydrogen (secondary N) is 4. The number of anilines is 8. The van der Waals surface area contributed by atoms with Crippen LogP contribution in [0.1, 0.15) is 108 Å². The Morgan fingerprint density at radius 2 is 0.540 bits per heavy atom. The quantitative estimate of drug-likeness (QED) is 0.0408.